The highest BCUT2D eigenvalue weighted by Crippen LogP contribution is 2.28. The molecule has 0 radical (unpaired) electrons. The number of benzene rings is 2. The summed E-state index contributed by atoms with van der Waals surface area (Å²) < 4.78 is 19.3. The number of oxazole rings is 1. The molecular formula is C18H13Cl2FN2O2. The maximum absolute atomic E-state index is 13.7. The van der Waals surface area contributed by atoms with E-state index in [1.807, 2.05) is 18.2 Å². The monoisotopic (exact) mass is 378 g/mol. The molecule has 1 heterocycles. The van der Waals surface area contributed by atoms with Crippen molar-refractivity contribution in [1.82, 2.24) is 4.98 Å². The van der Waals surface area contributed by atoms with Crippen molar-refractivity contribution in [2.24, 2.45) is 0 Å². The molecule has 128 valence electrons. The molecule has 3 rings (SSSR count). The van der Waals surface area contributed by atoms with Crippen molar-refractivity contribution in [2.45, 2.75) is 12.8 Å². The molecule has 1 amide bonds. The lowest BCUT2D eigenvalue weighted by Crippen LogP contribution is -2.13. The fourth-order valence-corrected chi connectivity index (χ4v) is 2.62. The quantitative estimate of drug-likeness (QED) is 0.650. The van der Waals surface area contributed by atoms with Gasteiger partial charge in [-0.15, -0.1) is 0 Å². The number of amides is 1. The predicted octanol–water partition coefficient (Wildman–Crippen LogP) is 5.36. The zero-order valence-electron chi connectivity index (χ0n) is 12.9. The second-order valence-electron chi connectivity index (χ2n) is 5.27. The number of anilines is 1. The van der Waals surface area contributed by atoms with Crippen LogP contribution in [0.1, 0.15) is 12.3 Å². The Morgan fingerprint density at radius 3 is 2.76 bits per heavy atom. The Hall–Kier alpha value is -2.37. The number of aryl methyl sites for hydroxylation is 1. The number of rotatable bonds is 5. The highest BCUT2D eigenvalue weighted by atomic mass is 35.5. The van der Waals surface area contributed by atoms with Crippen LogP contribution in [-0.4, -0.2) is 10.9 Å². The molecule has 0 spiro atoms. The van der Waals surface area contributed by atoms with Gasteiger partial charge in [-0.05, 0) is 30.3 Å². The summed E-state index contributed by atoms with van der Waals surface area (Å²) in [5, 5.41) is 3.31. The first-order chi connectivity index (χ1) is 12.0. The average Bonchev–Trinajstić information content (AvgIpc) is 3.05. The summed E-state index contributed by atoms with van der Waals surface area (Å²) in [6, 6.07) is 11.3. The van der Waals surface area contributed by atoms with Crippen molar-refractivity contribution in [3.05, 3.63) is 70.4 Å². The number of halogens is 3. The number of carbonyl (C=O) groups excluding carboxylic acids is 1. The Morgan fingerprint density at radius 2 is 2.00 bits per heavy atom. The fraction of sp³-hybridized carbons (Fsp3) is 0.111. The molecule has 0 aliphatic rings. The largest absolute Gasteiger partial charge is 0.441 e. The third kappa shape index (κ3) is 4.38. The van der Waals surface area contributed by atoms with Crippen molar-refractivity contribution in [3.63, 3.8) is 0 Å². The smallest absolute Gasteiger partial charge is 0.224 e. The standard InChI is InChI=1S/C18H13Cl2FN2O2/c19-11-5-6-15(14(21)9-11)23-17(24)7-8-18-22-10-16(25-18)12-3-1-2-4-13(12)20/h1-6,9-10H,7-8H2,(H,23,24). The number of hydrogen-bond donors (Lipinski definition) is 1. The molecule has 25 heavy (non-hydrogen) atoms. The minimum atomic E-state index is -0.585. The van der Waals surface area contributed by atoms with Crippen LogP contribution >= 0.6 is 23.2 Å². The van der Waals surface area contributed by atoms with Gasteiger partial charge in [-0.2, -0.15) is 0 Å². The van der Waals surface area contributed by atoms with Crippen molar-refractivity contribution < 1.29 is 13.6 Å². The number of carbonyl (C=O) groups is 1. The van der Waals surface area contributed by atoms with Gasteiger partial charge >= 0.3 is 0 Å². The van der Waals surface area contributed by atoms with Crippen LogP contribution in [-0.2, 0) is 11.2 Å². The van der Waals surface area contributed by atoms with E-state index in [-0.39, 0.29) is 29.5 Å². The first kappa shape index (κ1) is 17.5. The maximum atomic E-state index is 13.7. The van der Waals surface area contributed by atoms with Crippen molar-refractivity contribution in [3.8, 4) is 11.3 Å². The van der Waals surface area contributed by atoms with E-state index < -0.39 is 5.82 Å². The fourth-order valence-electron chi connectivity index (χ4n) is 2.24. The first-order valence-corrected chi connectivity index (χ1v) is 8.23. The number of hydrogen-bond acceptors (Lipinski definition) is 3. The summed E-state index contributed by atoms with van der Waals surface area (Å²) in [5.41, 5.74) is 0.814. The third-order valence-corrected chi connectivity index (χ3v) is 4.03. The van der Waals surface area contributed by atoms with Crippen LogP contribution in [0.3, 0.4) is 0 Å². The lowest BCUT2D eigenvalue weighted by atomic mass is 10.2. The van der Waals surface area contributed by atoms with Crippen LogP contribution in [0.25, 0.3) is 11.3 Å². The van der Waals surface area contributed by atoms with Crippen LogP contribution in [0.15, 0.2) is 53.1 Å². The van der Waals surface area contributed by atoms with E-state index in [9.17, 15) is 9.18 Å². The van der Waals surface area contributed by atoms with Gasteiger partial charge in [-0.25, -0.2) is 9.37 Å². The van der Waals surface area contributed by atoms with Gasteiger partial charge in [0, 0.05) is 23.4 Å². The Balaban J connectivity index is 1.60. The van der Waals surface area contributed by atoms with Crippen molar-refractivity contribution in [2.75, 3.05) is 5.32 Å². The van der Waals surface area contributed by atoms with E-state index in [1.54, 1.807) is 12.3 Å². The zero-order chi connectivity index (χ0) is 17.8. The molecule has 1 N–H and O–H groups in total. The van der Waals surface area contributed by atoms with Gasteiger partial charge in [-0.3, -0.25) is 4.79 Å². The van der Waals surface area contributed by atoms with E-state index in [0.717, 1.165) is 11.6 Å². The molecule has 3 aromatic rings. The maximum Gasteiger partial charge on any atom is 0.224 e. The van der Waals surface area contributed by atoms with Gasteiger partial charge in [0.25, 0.3) is 0 Å². The van der Waals surface area contributed by atoms with Gasteiger partial charge in [0.2, 0.25) is 5.91 Å². The summed E-state index contributed by atoms with van der Waals surface area (Å²) in [5.74, 6) is 0.00287. The van der Waals surface area contributed by atoms with E-state index in [1.165, 1.54) is 12.1 Å². The van der Waals surface area contributed by atoms with Crippen LogP contribution in [0.2, 0.25) is 10.0 Å². The Labute approximate surface area is 153 Å². The Morgan fingerprint density at radius 1 is 1.20 bits per heavy atom. The molecule has 4 nitrogen and oxygen atoms in total. The minimum absolute atomic E-state index is 0.0820. The minimum Gasteiger partial charge on any atom is -0.441 e. The zero-order valence-corrected chi connectivity index (χ0v) is 14.4. The summed E-state index contributed by atoms with van der Waals surface area (Å²) in [7, 11) is 0. The Bertz CT molecular complexity index is 912. The lowest BCUT2D eigenvalue weighted by molar-refractivity contribution is -0.116. The topological polar surface area (TPSA) is 55.1 Å². The van der Waals surface area contributed by atoms with Gasteiger partial charge in [0.05, 0.1) is 16.9 Å². The molecule has 1 aromatic heterocycles. The van der Waals surface area contributed by atoms with E-state index in [4.69, 9.17) is 27.6 Å². The van der Waals surface area contributed by atoms with E-state index >= 15 is 0 Å². The SMILES string of the molecule is O=C(CCc1ncc(-c2ccccc2Cl)o1)Nc1ccc(Cl)cc1F. The molecule has 0 unspecified atom stereocenters. The second-order valence-corrected chi connectivity index (χ2v) is 6.11. The third-order valence-electron chi connectivity index (χ3n) is 3.46. The molecule has 0 saturated heterocycles. The number of nitrogens with one attached hydrogen (secondary N) is 1. The molecular weight excluding hydrogens is 366 g/mol. The average molecular weight is 379 g/mol. The highest BCUT2D eigenvalue weighted by Gasteiger charge is 2.12. The molecule has 7 heteroatoms. The van der Waals surface area contributed by atoms with Crippen LogP contribution in [0.4, 0.5) is 10.1 Å². The predicted molar refractivity (Wildman–Crippen MR) is 95.3 cm³/mol. The van der Waals surface area contributed by atoms with Gasteiger partial charge < -0.3 is 9.73 Å². The van der Waals surface area contributed by atoms with Gasteiger partial charge in [-0.1, -0.05) is 35.3 Å². The second kappa shape index (κ2) is 7.68. The van der Waals surface area contributed by atoms with Gasteiger partial charge in [0.15, 0.2) is 11.7 Å². The first-order valence-electron chi connectivity index (χ1n) is 7.47. The summed E-state index contributed by atoms with van der Waals surface area (Å²) in [4.78, 5) is 16.1. The molecule has 0 aliphatic carbocycles. The summed E-state index contributed by atoms with van der Waals surface area (Å²) in [6.07, 6.45) is 1.95. The molecule has 0 aliphatic heterocycles. The summed E-state index contributed by atoms with van der Waals surface area (Å²) >= 11 is 11.8. The number of aromatic nitrogens is 1. The van der Waals surface area contributed by atoms with Crippen molar-refractivity contribution in [1.29, 1.82) is 0 Å². The van der Waals surface area contributed by atoms with E-state index in [2.05, 4.69) is 10.3 Å². The van der Waals surface area contributed by atoms with Crippen LogP contribution < -0.4 is 5.32 Å². The van der Waals surface area contributed by atoms with Crippen LogP contribution in [0, 0.1) is 5.82 Å². The molecule has 0 atom stereocenters. The Kier molecular flexibility index (Phi) is 5.36. The highest BCUT2D eigenvalue weighted by molar-refractivity contribution is 6.33. The van der Waals surface area contributed by atoms with Gasteiger partial charge in [0.1, 0.15) is 5.82 Å². The lowest BCUT2D eigenvalue weighted by Gasteiger charge is -2.05. The van der Waals surface area contributed by atoms with E-state index in [0.29, 0.717) is 16.7 Å². The summed E-state index contributed by atoms with van der Waals surface area (Å²) in [6.45, 7) is 0. The molecule has 0 bridgehead atoms. The molecule has 0 saturated carbocycles. The van der Waals surface area contributed by atoms with Crippen LogP contribution in [0.5, 0.6) is 0 Å². The molecule has 0 fully saturated rings. The van der Waals surface area contributed by atoms with Crippen molar-refractivity contribution >= 4 is 34.8 Å². The normalized spacial score (nSPS) is 10.7. The molecule has 2 aromatic carbocycles. The number of nitrogens with zero attached hydrogens (tertiary/aromatic N) is 1.